The van der Waals surface area contributed by atoms with E-state index in [1.165, 1.54) is 37.9 Å². The highest BCUT2D eigenvalue weighted by molar-refractivity contribution is 5.66. The molecular weight excluding hydrogens is 300 g/mol. The van der Waals surface area contributed by atoms with E-state index in [1.807, 2.05) is 0 Å². The van der Waals surface area contributed by atoms with Crippen LogP contribution in [0.2, 0.25) is 0 Å². The molecule has 2 heterocycles. The second-order valence-corrected chi connectivity index (χ2v) is 7.62. The molecule has 0 aromatic heterocycles. The summed E-state index contributed by atoms with van der Waals surface area (Å²) in [5, 5.41) is 8.88. The van der Waals surface area contributed by atoms with Crippen LogP contribution in [-0.2, 0) is 4.79 Å². The molecule has 1 aromatic carbocycles. The molecule has 2 fully saturated rings. The van der Waals surface area contributed by atoms with Crippen LogP contribution in [0.1, 0.15) is 44.1 Å². The van der Waals surface area contributed by atoms with Gasteiger partial charge in [0.15, 0.2) is 0 Å². The maximum Gasteiger partial charge on any atom is 0.304 e. The average molecular weight is 330 g/mol. The van der Waals surface area contributed by atoms with Crippen molar-refractivity contribution >= 4 is 5.97 Å². The lowest BCUT2D eigenvalue weighted by Gasteiger charge is -2.50. The van der Waals surface area contributed by atoms with Crippen LogP contribution in [0, 0.1) is 5.41 Å². The van der Waals surface area contributed by atoms with Gasteiger partial charge in [0.25, 0.3) is 0 Å². The first kappa shape index (κ1) is 17.4. The van der Waals surface area contributed by atoms with Gasteiger partial charge in [0.2, 0.25) is 0 Å². The van der Waals surface area contributed by atoms with Gasteiger partial charge in [-0.2, -0.15) is 0 Å². The lowest BCUT2D eigenvalue weighted by molar-refractivity contribution is -0.137. The van der Waals surface area contributed by atoms with Crippen molar-refractivity contribution in [1.29, 1.82) is 0 Å². The maximum atomic E-state index is 10.8. The molecule has 1 N–H and O–H groups in total. The Hall–Kier alpha value is -1.39. The molecule has 1 unspecified atom stereocenters. The van der Waals surface area contributed by atoms with Gasteiger partial charge in [-0.15, -0.1) is 0 Å². The summed E-state index contributed by atoms with van der Waals surface area (Å²) in [5.74, 6) is -0.0558. The minimum Gasteiger partial charge on any atom is -0.481 e. The molecule has 0 radical (unpaired) electrons. The molecule has 0 aliphatic carbocycles. The predicted molar refractivity (Wildman–Crippen MR) is 96.3 cm³/mol. The number of carbonyl (C=O) groups is 1. The Morgan fingerprint density at radius 1 is 1.21 bits per heavy atom. The van der Waals surface area contributed by atoms with Gasteiger partial charge in [-0.25, -0.2) is 0 Å². The van der Waals surface area contributed by atoms with Gasteiger partial charge in [0, 0.05) is 19.6 Å². The number of carboxylic acid groups (broad SMARTS) is 1. The first-order valence-corrected chi connectivity index (χ1v) is 9.32. The van der Waals surface area contributed by atoms with Crippen molar-refractivity contribution in [2.45, 2.75) is 38.5 Å². The Labute approximate surface area is 145 Å². The van der Waals surface area contributed by atoms with Crippen LogP contribution in [0.5, 0.6) is 0 Å². The second kappa shape index (κ2) is 7.66. The molecule has 24 heavy (non-hydrogen) atoms. The largest absolute Gasteiger partial charge is 0.481 e. The Morgan fingerprint density at radius 3 is 2.54 bits per heavy atom. The van der Waals surface area contributed by atoms with Gasteiger partial charge in [-0.05, 0) is 55.8 Å². The lowest BCUT2D eigenvalue weighted by Crippen LogP contribution is -2.51. The first-order valence-electron chi connectivity index (χ1n) is 9.32. The van der Waals surface area contributed by atoms with Gasteiger partial charge in [0.1, 0.15) is 0 Å². The van der Waals surface area contributed by atoms with Crippen molar-refractivity contribution in [3.8, 4) is 0 Å². The molecule has 0 bridgehead atoms. The van der Waals surface area contributed by atoms with Crippen LogP contribution in [0.15, 0.2) is 30.3 Å². The highest BCUT2D eigenvalue weighted by atomic mass is 16.4. The van der Waals surface area contributed by atoms with Crippen molar-refractivity contribution in [1.82, 2.24) is 9.80 Å². The lowest BCUT2D eigenvalue weighted by atomic mass is 9.68. The van der Waals surface area contributed by atoms with Gasteiger partial charge in [-0.3, -0.25) is 4.79 Å². The van der Waals surface area contributed by atoms with E-state index in [2.05, 4.69) is 47.1 Å². The van der Waals surface area contributed by atoms with E-state index in [0.717, 1.165) is 19.6 Å². The van der Waals surface area contributed by atoms with Crippen LogP contribution in [-0.4, -0.2) is 60.1 Å². The predicted octanol–water partition coefficient (Wildman–Crippen LogP) is 3.05. The first-order chi connectivity index (χ1) is 11.6. The third-order valence-corrected chi connectivity index (χ3v) is 5.99. The van der Waals surface area contributed by atoms with E-state index >= 15 is 0 Å². The van der Waals surface area contributed by atoms with E-state index in [4.69, 9.17) is 5.11 Å². The number of piperidine rings is 2. The molecule has 0 saturated carbocycles. The molecule has 1 atom stereocenters. The molecule has 2 aliphatic heterocycles. The number of benzene rings is 1. The van der Waals surface area contributed by atoms with E-state index in [9.17, 15) is 4.79 Å². The molecule has 3 rings (SSSR count). The summed E-state index contributed by atoms with van der Waals surface area (Å²) in [7, 11) is 0. The minimum atomic E-state index is -0.686. The molecule has 4 heteroatoms. The summed E-state index contributed by atoms with van der Waals surface area (Å²) in [4.78, 5) is 15.7. The van der Waals surface area contributed by atoms with E-state index in [0.29, 0.717) is 17.9 Å². The summed E-state index contributed by atoms with van der Waals surface area (Å²) < 4.78 is 0. The van der Waals surface area contributed by atoms with Crippen molar-refractivity contribution < 1.29 is 9.90 Å². The number of aliphatic carboxylic acids is 1. The van der Waals surface area contributed by atoms with E-state index in [-0.39, 0.29) is 6.42 Å². The van der Waals surface area contributed by atoms with Crippen LogP contribution < -0.4 is 0 Å². The molecule has 1 aromatic rings. The Bertz CT molecular complexity index is 538. The van der Waals surface area contributed by atoms with Crippen LogP contribution in [0.4, 0.5) is 0 Å². The summed E-state index contributed by atoms with van der Waals surface area (Å²) in [5.41, 5.74) is 1.89. The molecule has 1 spiro atoms. The number of likely N-dealkylation sites (tertiary alicyclic amines) is 2. The summed E-state index contributed by atoms with van der Waals surface area (Å²) in [6.45, 7) is 8.56. The molecular formula is C20H30N2O2. The van der Waals surface area contributed by atoms with Crippen molar-refractivity contribution in [3.63, 3.8) is 0 Å². The number of nitrogens with zero attached hydrogens (tertiary/aromatic N) is 2. The third kappa shape index (κ3) is 4.17. The zero-order chi connectivity index (χ0) is 17.0. The second-order valence-electron chi connectivity index (χ2n) is 7.62. The Kier molecular flexibility index (Phi) is 5.57. The van der Waals surface area contributed by atoms with Gasteiger partial charge in [-0.1, -0.05) is 37.3 Å². The van der Waals surface area contributed by atoms with Gasteiger partial charge >= 0.3 is 5.97 Å². The van der Waals surface area contributed by atoms with Crippen LogP contribution in [0.25, 0.3) is 0 Å². The quantitative estimate of drug-likeness (QED) is 0.901. The average Bonchev–Trinajstić information content (AvgIpc) is 2.61. The molecule has 0 amide bonds. The number of carboxylic acids is 1. The standard InChI is InChI=1S/C20H30N2O2/c1-2-21-15-18(17-6-4-3-5-7-17)14-20(16-21)9-12-22(13-10-20)11-8-19(23)24/h3-7,18H,2,8-16H2,1H3,(H,23,24). The monoisotopic (exact) mass is 330 g/mol. The van der Waals surface area contributed by atoms with E-state index in [1.54, 1.807) is 0 Å². The fourth-order valence-corrected chi connectivity index (χ4v) is 4.56. The van der Waals surface area contributed by atoms with Gasteiger partial charge in [0.05, 0.1) is 6.42 Å². The molecule has 2 aliphatic rings. The topological polar surface area (TPSA) is 43.8 Å². The highest BCUT2D eigenvalue weighted by Crippen LogP contribution is 2.44. The molecule has 132 valence electrons. The third-order valence-electron chi connectivity index (χ3n) is 5.99. The fourth-order valence-electron chi connectivity index (χ4n) is 4.56. The number of hydrogen-bond donors (Lipinski definition) is 1. The summed E-state index contributed by atoms with van der Waals surface area (Å²) >= 11 is 0. The summed E-state index contributed by atoms with van der Waals surface area (Å²) in [6.07, 6.45) is 3.94. The van der Waals surface area contributed by atoms with Crippen LogP contribution >= 0.6 is 0 Å². The van der Waals surface area contributed by atoms with Crippen molar-refractivity contribution in [2.75, 3.05) is 39.3 Å². The number of rotatable bonds is 5. The van der Waals surface area contributed by atoms with Gasteiger partial charge < -0.3 is 14.9 Å². The van der Waals surface area contributed by atoms with Crippen molar-refractivity contribution in [3.05, 3.63) is 35.9 Å². The minimum absolute atomic E-state index is 0.265. The Balaban J connectivity index is 1.65. The highest BCUT2D eigenvalue weighted by Gasteiger charge is 2.41. The zero-order valence-electron chi connectivity index (χ0n) is 14.8. The molecule has 2 saturated heterocycles. The Morgan fingerprint density at radius 2 is 1.92 bits per heavy atom. The molecule has 4 nitrogen and oxygen atoms in total. The van der Waals surface area contributed by atoms with Crippen LogP contribution in [0.3, 0.4) is 0 Å². The van der Waals surface area contributed by atoms with E-state index < -0.39 is 5.97 Å². The normalized spacial score (nSPS) is 25.0. The zero-order valence-corrected chi connectivity index (χ0v) is 14.8. The maximum absolute atomic E-state index is 10.8. The number of hydrogen-bond acceptors (Lipinski definition) is 3. The SMILES string of the molecule is CCN1CC(c2ccccc2)CC2(CCN(CCC(=O)O)CC2)C1. The number of likely N-dealkylation sites (N-methyl/N-ethyl adjacent to an activating group) is 1. The van der Waals surface area contributed by atoms with Crippen molar-refractivity contribution in [2.24, 2.45) is 5.41 Å². The fraction of sp³-hybridized carbons (Fsp3) is 0.650. The smallest absolute Gasteiger partial charge is 0.304 e. The summed E-state index contributed by atoms with van der Waals surface area (Å²) in [6, 6.07) is 11.0.